The molecule has 1 aromatic carbocycles. The normalized spacial score (nSPS) is 7.89. The Kier molecular flexibility index (Phi) is 21.1. The van der Waals surface area contributed by atoms with Crippen molar-refractivity contribution in [2.24, 2.45) is 0 Å². The Morgan fingerprint density at radius 1 is 1.17 bits per heavy atom. The van der Waals surface area contributed by atoms with Gasteiger partial charge in [0.25, 0.3) is 0 Å². The maximum absolute atomic E-state index is 11.4. The number of benzene rings is 1. The highest BCUT2D eigenvalue weighted by atomic mass is 16.2. The minimum atomic E-state index is 0.0793. The number of aryl methyl sites for hydroxylation is 1. The third kappa shape index (κ3) is 9.48. The van der Waals surface area contributed by atoms with Crippen LogP contribution in [0.15, 0.2) is 36.4 Å². The number of aliphatic hydroxyl groups excluding tert-OH is 1. The van der Waals surface area contributed by atoms with Crippen LogP contribution in [0.25, 0.3) is 0 Å². The van der Waals surface area contributed by atoms with E-state index in [-0.39, 0.29) is 5.78 Å². The van der Waals surface area contributed by atoms with E-state index in [2.05, 4.69) is 0 Å². The molecule has 0 saturated carbocycles. The molecule has 0 spiro atoms. The second-order valence-electron chi connectivity index (χ2n) is 2.68. The summed E-state index contributed by atoms with van der Waals surface area (Å²) < 4.78 is 0. The summed E-state index contributed by atoms with van der Waals surface area (Å²) in [6.45, 7) is 9.78. The number of hydrogen-bond donors (Lipinski definition) is 1. The number of allylic oxidation sites excluding steroid dienone is 2. The van der Waals surface area contributed by atoms with Gasteiger partial charge >= 0.3 is 0 Å². The molecule has 0 fully saturated rings. The summed E-state index contributed by atoms with van der Waals surface area (Å²) in [4.78, 5) is 19.4. The van der Waals surface area contributed by atoms with Crippen molar-refractivity contribution in [3.8, 4) is 0 Å². The highest BCUT2D eigenvalue weighted by Crippen LogP contribution is 2.07. The van der Waals surface area contributed by atoms with E-state index in [9.17, 15) is 4.79 Å². The molecule has 1 N–H and O–H groups in total. The fraction of sp³-hybridized carbons (Fsp3) is 0.333. The molecular formula is C15H24O3. The molecule has 0 heterocycles. The zero-order valence-electron chi connectivity index (χ0n) is 11.9. The fourth-order valence-electron chi connectivity index (χ4n) is 1.09. The first kappa shape index (κ1) is 21.5. The Bertz CT molecular complexity index is 330. The predicted octanol–water partition coefficient (Wildman–Crippen LogP) is 3.20. The third-order valence-corrected chi connectivity index (χ3v) is 1.73. The van der Waals surface area contributed by atoms with E-state index in [1.807, 2.05) is 58.7 Å². The SMILES string of the molecule is C/C=C\C(=O)c1ccccc1C.C=O.CC.CO. The van der Waals surface area contributed by atoms with Gasteiger partial charge in [-0.05, 0) is 25.5 Å². The molecule has 0 amide bonds. The second kappa shape index (κ2) is 17.6. The highest BCUT2D eigenvalue weighted by Gasteiger charge is 2.02. The van der Waals surface area contributed by atoms with E-state index in [1.165, 1.54) is 0 Å². The van der Waals surface area contributed by atoms with E-state index in [4.69, 9.17) is 9.90 Å². The van der Waals surface area contributed by atoms with Crippen molar-refractivity contribution in [3.63, 3.8) is 0 Å². The van der Waals surface area contributed by atoms with Gasteiger partial charge in [-0.3, -0.25) is 4.79 Å². The molecule has 0 atom stereocenters. The van der Waals surface area contributed by atoms with Gasteiger partial charge in [0.05, 0.1) is 0 Å². The smallest absolute Gasteiger partial charge is 0.185 e. The van der Waals surface area contributed by atoms with E-state index < -0.39 is 0 Å². The zero-order valence-corrected chi connectivity index (χ0v) is 11.9. The van der Waals surface area contributed by atoms with Crippen molar-refractivity contribution < 1.29 is 14.7 Å². The molecule has 0 bridgehead atoms. The van der Waals surface area contributed by atoms with Crippen LogP contribution in [0.4, 0.5) is 0 Å². The van der Waals surface area contributed by atoms with Crippen molar-refractivity contribution in [1.29, 1.82) is 0 Å². The Labute approximate surface area is 110 Å². The molecule has 1 rings (SSSR count). The molecule has 0 aliphatic rings. The molecule has 3 nitrogen and oxygen atoms in total. The van der Waals surface area contributed by atoms with Crippen LogP contribution >= 0.6 is 0 Å². The standard InChI is InChI=1S/C11H12O.C2H6.CH4O.CH2O/c1-3-6-11(12)10-8-5-4-7-9(10)2;3*1-2/h3-8H,1-2H3;1-2H3;2H,1H3;1H2/b6-3-;;;. The Balaban J connectivity index is -0.000000328. The average molecular weight is 252 g/mol. The first-order valence-corrected chi connectivity index (χ1v) is 5.72. The van der Waals surface area contributed by atoms with Crippen LogP contribution in [0, 0.1) is 6.92 Å². The van der Waals surface area contributed by atoms with Crippen LogP contribution in [-0.4, -0.2) is 24.8 Å². The van der Waals surface area contributed by atoms with Gasteiger partial charge in [0, 0.05) is 12.7 Å². The second-order valence-corrected chi connectivity index (χ2v) is 2.68. The lowest BCUT2D eigenvalue weighted by Crippen LogP contribution is -1.96. The van der Waals surface area contributed by atoms with E-state index in [1.54, 1.807) is 12.2 Å². The lowest BCUT2D eigenvalue weighted by molar-refractivity contribution is -0.0979. The summed E-state index contributed by atoms with van der Waals surface area (Å²) in [6.07, 6.45) is 3.34. The van der Waals surface area contributed by atoms with Gasteiger partial charge in [0.2, 0.25) is 0 Å². The van der Waals surface area contributed by atoms with Crippen LogP contribution in [0.3, 0.4) is 0 Å². The van der Waals surface area contributed by atoms with Crippen molar-refractivity contribution in [1.82, 2.24) is 0 Å². The molecular weight excluding hydrogens is 228 g/mol. The Morgan fingerprint density at radius 3 is 2.00 bits per heavy atom. The van der Waals surface area contributed by atoms with Gasteiger partial charge in [-0.15, -0.1) is 0 Å². The number of carbonyl (C=O) groups excluding carboxylic acids is 2. The van der Waals surface area contributed by atoms with Crippen molar-refractivity contribution in [3.05, 3.63) is 47.5 Å². The molecule has 18 heavy (non-hydrogen) atoms. The summed E-state index contributed by atoms with van der Waals surface area (Å²) in [7, 11) is 1.00. The molecule has 102 valence electrons. The highest BCUT2D eigenvalue weighted by molar-refractivity contribution is 6.05. The fourth-order valence-corrected chi connectivity index (χ4v) is 1.09. The number of aliphatic hydroxyl groups is 1. The van der Waals surface area contributed by atoms with Crippen LogP contribution in [0.1, 0.15) is 36.7 Å². The average Bonchev–Trinajstić information content (AvgIpc) is 2.46. The maximum Gasteiger partial charge on any atom is 0.185 e. The minimum absolute atomic E-state index is 0.0793. The monoisotopic (exact) mass is 252 g/mol. The molecule has 0 saturated heterocycles. The Hall–Kier alpha value is -1.74. The molecule has 1 aromatic rings. The summed E-state index contributed by atoms with van der Waals surface area (Å²) in [5, 5.41) is 7.00. The lowest BCUT2D eigenvalue weighted by Gasteiger charge is -1.99. The van der Waals surface area contributed by atoms with Crippen LogP contribution in [0.2, 0.25) is 0 Å². The van der Waals surface area contributed by atoms with E-state index in [0.717, 1.165) is 18.2 Å². The largest absolute Gasteiger partial charge is 0.400 e. The zero-order chi connectivity index (χ0) is 15.0. The third-order valence-electron chi connectivity index (χ3n) is 1.73. The Morgan fingerprint density at radius 2 is 1.61 bits per heavy atom. The van der Waals surface area contributed by atoms with E-state index in [0.29, 0.717) is 0 Å². The number of hydrogen-bond acceptors (Lipinski definition) is 3. The van der Waals surface area contributed by atoms with Gasteiger partial charge in [0.1, 0.15) is 6.79 Å². The number of rotatable bonds is 2. The van der Waals surface area contributed by atoms with Gasteiger partial charge in [0.15, 0.2) is 5.78 Å². The van der Waals surface area contributed by atoms with Crippen LogP contribution in [0.5, 0.6) is 0 Å². The van der Waals surface area contributed by atoms with Gasteiger partial charge in [-0.25, -0.2) is 0 Å². The van der Waals surface area contributed by atoms with Crippen molar-refractivity contribution in [2.75, 3.05) is 7.11 Å². The van der Waals surface area contributed by atoms with Crippen LogP contribution < -0.4 is 0 Å². The van der Waals surface area contributed by atoms with Crippen molar-refractivity contribution >= 4 is 12.6 Å². The quantitative estimate of drug-likeness (QED) is 0.649. The summed E-state index contributed by atoms with van der Waals surface area (Å²) in [5.41, 5.74) is 1.82. The summed E-state index contributed by atoms with van der Waals surface area (Å²) in [6, 6.07) is 7.60. The van der Waals surface area contributed by atoms with Crippen molar-refractivity contribution in [2.45, 2.75) is 27.7 Å². The summed E-state index contributed by atoms with van der Waals surface area (Å²) in [5.74, 6) is 0.0793. The van der Waals surface area contributed by atoms with Gasteiger partial charge < -0.3 is 9.90 Å². The molecule has 0 unspecified atom stereocenters. The first-order valence-electron chi connectivity index (χ1n) is 5.72. The maximum atomic E-state index is 11.4. The number of ketones is 1. The van der Waals surface area contributed by atoms with Gasteiger partial charge in [-0.2, -0.15) is 0 Å². The van der Waals surface area contributed by atoms with E-state index >= 15 is 0 Å². The molecule has 0 aromatic heterocycles. The molecule has 0 radical (unpaired) electrons. The topological polar surface area (TPSA) is 54.4 Å². The summed E-state index contributed by atoms with van der Waals surface area (Å²) >= 11 is 0. The predicted molar refractivity (Wildman–Crippen MR) is 76.9 cm³/mol. The number of carbonyl (C=O) groups is 2. The lowest BCUT2D eigenvalue weighted by atomic mass is 10.0. The first-order chi connectivity index (χ1) is 8.75. The molecule has 0 aliphatic heterocycles. The molecule has 3 heteroatoms. The van der Waals surface area contributed by atoms with Crippen LogP contribution in [-0.2, 0) is 4.79 Å². The molecule has 0 aliphatic carbocycles. The minimum Gasteiger partial charge on any atom is -0.400 e. The van der Waals surface area contributed by atoms with Gasteiger partial charge in [-0.1, -0.05) is 44.2 Å².